The number of nitrogens with zero attached hydrogens (tertiary/aromatic N) is 3. The molecule has 1 saturated heterocycles. The number of methoxy groups -OCH3 is 1. The van der Waals surface area contributed by atoms with Crippen molar-refractivity contribution in [2.75, 3.05) is 40.5 Å². The van der Waals surface area contributed by atoms with E-state index in [9.17, 15) is 4.79 Å². The Balaban J connectivity index is 1.68. The van der Waals surface area contributed by atoms with Crippen molar-refractivity contribution in [3.8, 4) is 5.75 Å². The monoisotopic (exact) mass is 359 g/mol. The van der Waals surface area contributed by atoms with Gasteiger partial charge in [0.25, 0.3) is 5.91 Å². The molecule has 0 radical (unpaired) electrons. The van der Waals surface area contributed by atoms with Crippen LogP contribution >= 0.6 is 0 Å². The van der Waals surface area contributed by atoms with Gasteiger partial charge in [0.2, 0.25) is 0 Å². The van der Waals surface area contributed by atoms with Crippen LogP contribution in [0.15, 0.2) is 34.9 Å². The van der Waals surface area contributed by atoms with Crippen LogP contribution in [0.1, 0.15) is 34.8 Å². The lowest BCUT2D eigenvalue weighted by Gasteiger charge is -2.25. The van der Waals surface area contributed by atoms with Crippen LogP contribution in [0.4, 0.5) is 0 Å². The summed E-state index contributed by atoms with van der Waals surface area (Å²) in [5, 5.41) is 3.97. The number of rotatable bonds is 6. The van der Waals surface area contributed by atoms with Crippen LogP contribution in [0.5, 0.6) is 5.75 Å². The average Bonchev–Trinajstić information content (AvgIpc) is 3.15. The van der Waals surface area contributed by atoms with E-state index in [4.69, 9.17) is 14.0 Å². The molecule has 0 bridgehead atoms. The van der Waals surface area contributed by atoms with E-state index in [1.54, 1.807) is 25.1 Å². The lowest BCUT2D eigenvalue weighted by atomic mass is 10.1. The number of hydrogen-bond donors (Lipinski definition) is 0. The molecule has 140 valence electrons. The van der Waals surface area contributed by atoms with Gasteiger partial charge in [-0.3, -0.25) is 9.69 Å². The van der Waals surface area contributed by atoms with Gasteiger partial charge in [-0.2, -0.15) is 0 Å². The predicted molar refractivity (Wildman–Crippen MR) is 96.1 cm³/mol. The average molecular weight is 359 g/mol. The van der Waals surface area contributed by atoms with E-state index in [2.05, 4.69) is 10.1 Å². The van der Waals surface area contributed by atoms with E-state index >= 15 is 0 Å². The minimum atomic E-state index is -0.180. The minimum absolute atomic E-state index is 0.155. The van der Waals surface area contributed by atoms with E-state index < -0.39 is 0 Å². The Bertz CT molecular complexity index is 740. The maximum Gasteiger partial charge on any atom is 0.276 e. The van der Waals surface area contributed by atoms with Gasteiger partial charge in [0.05, 0.1) is 32.9 Å². The van der Waals surface area contributed by atoms with Crippen LogP contribution < -0.4 is 4.74 Å². The molecule has 1 aliphatic heterocycles. The second-order valence-corrected chi connectivity index (χ2v) is 6.40. The van der Waals surface area contributed by atoms with Crippen molar-refractivity contribution < 1.29 is 18.8 Å². The second kappa shape index (κ2) is 8.33. The van der Waals surface area contributed by atoms with Gasteiger partial charge in [-0.15, -0.1) is 0 Å². The second-order valence-electron chi connectivity index (χ2n) is 6.40. The normalized spacial score (nSPS) is 16.3. The highest BCUT2D eigenvalue weighted by atomic mass is 16.5. The first-order valence-electron chi connectivity index (χ1n) is 8.76. The molecule has 7 heteroatoms. The van der Waals surface area contributed by atoms with Crippen molar-refractivity contribution in [3.63, 3.8) is 0 Å². The molecular weight excluding hydrogens is 334 g/mol. The van der Waals surface area contributed by atoms with Gasteiger partial charge in [-0.25, -0.2) is 0 Å². The Morgan fingerprint density at radius 2 is 2.08 bits per heavy atom. The molecular formula is C19H25N3O4. The maximum atomic E-state index is 12.8. The number of carbonyl (C=O) groups is 1. The Hall–Kier alpha value is -2.38. The first-order valence-corrected chi connectivity index (χ1v) is 8.76. The lowest BCUT2D eigenvalue weighted by Crippen LogP contribution is -2.35. The number of amides is 1. The van der Waals surface area contributed by atoms with Crippen molar-refractivity contribution >= 4 is 5.91 Å². The summed E-state index contributed by atoms with van der Waals surface area (Å²) >= 11 is 0. The number of benzene rings is 1. The van der Waals surface area contributed by atoms with Crippen LogP contribution in [0.25, 0.3) is 0 Å². The largest absolute Gasteiger partial charge is 0.496 e. The number of morpholine rings is 1. The molecule has 1 aromatic heterocycles. The summed E-state index contributed by atoms with van der Waals surface area (Å²) in [5.74, 6) is 1.27. The Morgan fingerprint density at radius 1 is 1.35 bits per heavy atom. The molecule has 0 aliphatic carbocycles. The Labute approximate surface area is 153 Å². The predicted octanol–water partition coefficient (Wildman–Crippen LogP) is 2.35. The summed E-state index contributed by atoms with van der Waals surface area (Å²) in [7, 11) is 3.39. The van der Waals surface area contributed by atoms with Gasteiger partial charge in [0.1, 0.15) is 5.75 Å². The van der Waals surface area contributed by atoms with Crippen molar-refractivity contribution in [2.24, 2.45) is 0 Å². The van der Waals surface area contributed by atoms with E-state index in [0.29, 0.717) is 18.0 Å². The zero-order chi connectivity index (χ0) is 18.5. The molecule has 2 heterocycles. The molecule has 1 aliphatic rings. The summed E-state index contributed by atoms with van der Waals surface area (Å²) in [6, 6.07) is 9.26. The van der Waals surface area contributed by atoms with Crippen LogP contribution in [0, 0.1) is 0 Å². The Morgan fingerprint density at radius 3 is 2.81 bits per heavy atom. The van der Waals surface area contributed by atoms with Crippen LogP contribution in [-0.4, -0.2) is 61.3 Å². The molecule has 0 saturated carbocycles. The molecule has 1 amide bonds. The molecule has 0 N–H and O–H groups in total. The summed E-state index contributed by atoms with van der Waals surface area (Å²) < 4.78 is 16.1. The molecule has 1 aromatic carbocycles. The molecule has 2 aromatic rings. The highest BCUT2D eigenvalue weighted by Gasteiger charge is 2.24. The standard InChI is InChI=1S/C19H25N3O4/c1-14(16-6-4-5-7-18(16)24-3)21(2)19(23)17-12-15(26-20-17)13-22-8-10-25-11-9-22/h4-7,12,14H,8-11,13H2,1-3H3/t14-/m0/s1. The number of hydrogen-bond acceptors (Lipinski definition) is 6. The molecule has 26 heavy (non-hydrogen) atoms. The topological polar surface area (TPSA) is 68.0 Å². The van der Waals surface area contributed by atoms with Gasteiger partial charge < -0.3 is 18.9 Å². The molecule has 1 fully saturated rings. The van der Waals surface area contributed by atoms with Crippen LogP contribution in [-0.2, 0) is 11.3 Å². The van der Waals surface area contributed by atoms with E-state index in [-0.39, 0.29) is 11.9 Å². The summed E-state index contributed by atoms with van der Waals surface area (Å²) in [5.41, 5.74) is 1.26. The van der Waals surface area contributed by atoms with Gasteiger partial charge in [-0.1, -0.05) is 23.4 Å². The fourth-order valence-electron chi connectivity index (χ4n) is 3.04. The number of aromatic nitrogens is 1. The zero-order valence-electron chi connectivity index (χ0n) is 15.5. The lowest BCUT2D eigenvalue weighted by molar-refractivity contribution is 0.0305. The number of ether oxygens (including phenoxy) is 2. The van der Waals surface area contributed by atoms with Gasteiger partial charge >= 0.3 is 0 Å². The quantitative estimate of drug-likeness (QED) is 0.789. The summed E-state index contributed by atoms with van der Waals surface area (Å²) in [6.07, 6.45) is 0. The van der Waals surface area contributed by atoms with Crippen molar-refractivity contribution in [3.05, 3.63) is 47.3 Å². The molecule has 0 spiro atoms. The van der Waals surface area contributed by atoms with Crippen LogP contribution in [0.2, 0.25) is 0 Å². The maximum absolute atomic E-state index is 12.8. The van der Waals surface area contributed by atoms with E-state index in [1.165, 1.54) is 0 Å². The highest BCUT2D eigenvalue weighted by Crippen LogP contribution is 2.28. The molecule has 0 unspecified atom stereocenters. The third kappa shape index (κ3) is 4.05. The van der Waals surface area contributed by atoms with Crippen molar-refractivity contribution in [2.45, 2.75) is 19.5 Å². The summed E-state index contributed by atoms with van der Waals surface area (Å²) in [6.45, 7) is 5.75. The fraction of sp³-hybridized carbons (Fsp3) is 0.474. The van der Waals surface area contributed by atoms with Gasteiger partial charge in [-0.05, 0) is 13.0 Å². The first-order chi connectivity index (χ1) is 12.6. The molecule has 3 rings (SSSR count). The van der Waals surface area contributed by atoms with Crippen molar-refractivity contribution in [1.82, 2.24) is 15.0 Å². The SMILES string of the molecule is COc1ccccc1[C@H](C)N(C)C(=O)c1cc(CN2CCOCC2)on1. The molecule has 1 atom stereocenters. The summed E-state index contributed by atoms with van der Waals surface area (Å²) in [4.78, 5) is 16.7. The first kappa shape index (κ1) is 18.4. The van der Waals surface area contributed by atoms with Crippen LogP contribution in [0.3, 0.4) is 0 Å². The van der Waals surface area contributed by atoms with E-state index in [0.717, 1.165) is 37.6 Å². The highest BCUT2D eigenvalue weighted by molar-refractivity contribution is 5.92. The van der Waals surface area contributed by atoms with E-state index in [1.807, 2.05) is 31.2 Å². The molecule has 7 nitrogen and oxygen atoms in total. The zero-order valence-corrected chi connectivity index (χ0v) is 15.5. The van der Waals surface area contributed by atoms with Crippen molar-refractivity contribution in [1.29, 1.82) is 0 Å². The number of para-hydroxylation sites is 1. The minimum Gasteiger partial charge on any atom is -0.496 e. The van der Waals surface area contributed by atoms with Gasteiger partial charge in [0, 0.05) is 31.8 Å². The number of carbonyl (C=O) groups excluding carboxylic acids is 1. The third-order valence-electron chi connectivity index (χ3n) is 4.75. The third-order valence-corrected chi connectivity index (χ3v) is 4.75. The smallest absolute Gasteiger partial charge is 0.276 e. The Kier molecular flexibility index (Phi) is 5.90. The fourth-order valence-corrected chi connectivity index (χ4v) is 3.04. The van der Waals surface area contributed by atoms with Gasteiger partial charge in [0.15, 0.2) is 11.5 Å².